The molecule has 3 rings (SSSR count). The molecule has 7 heteroatoms. The smallest absolute Gasteiger partial charge is 0.331 e. The van der Waals surface area contributed by atoms with Gasteiger partial charge in [-0.3, -0.25) is 9.59 Å². The highest BCUT2D eigenvalue weighted by molar-refractivity contribution is 7.10. The van der Waals surface area contributed by atoms with Crippen LogP contribution in [-0.2, 0) is 11.2 Å². The second-order valence-corrected chi connectivity index (χ2v) is 5.70. The number of carbonyl (C=O) groups is 2. The van der Waals surface area contributed by atoms with E-state index in [1.807, 2.05) is 5.38 Å². The number of carbonyl (C=O) groups excluding carboxylic acids is 1. The van der Waals surface area contributed by atoms with Crippen molar-refractivity contribution in [3.05, 3.63) is 56.1 Å². The molecule has 21 heavy (non-hydrogen) atoms. The molecule has 108 valence electrons. The standard InChI is InChI=1S/C14H12N2O4S/c17-12-9(2-1-5-15-12)13(18)16-6-3-10-8(4-7-21-10)11(16)14(19)20/h1-2,4-5,7,11H,3,6H2,(H,15,17)(H,19,20). The number of hydrogen-bond donors (Lipinski definition) is 2. The van der Waals surface area contributed by atoms with Gasteiger partial charge in [0.2, 0.25) is 0 Å². The first kappa shape index (κ1) is 13.6. The van der Waals surface area contributed by atoms with Gasteiger partial charge in [-0.15, -0.1) is 11.3 Å². The third-order valence-electron chi connectivity index (χ3n) is 3.51. The zero-order valence-corrected chi connectivity index (χ0v) is 11.7. The van der Waals surface area contributed by atoms with Crippen molar-refractivity contribution in [2.24, 2.45) is 0 Å². The molecule has 1 amide bonds. The minimum atomic E-state index is -1.09. The van der Waals surface area contributed by atoms with Crippen molar-refractivity contribution in [1.29, 1.82) is 0 Å². The van der Waals surface area contributed by atoms with Crippen molar-refractivity contribution >= 4 is 23.2 Å². The first-order valence-corrected chi connectivity index (χ1v) is 7.25. The summed E-state index contributed by atoms with van der Waals surface area (Å²) in [5.74, 6) is -1.64. The van der Waals surface area contributed by atoms with Crippen LogP contribution in [0.5, 0.6) is 0 Å². The average molecular weight is 304 g/mol. The lowest BCUT2D eigenvalue weighted by Gasteiger charge is -2.33. The molecule has 0 saturated heterocycles. The van der Waals surface area contributed by atoms with Gasteiger partial charge in [0, 0.05) is 17.6 Å². The fourth-order valence-electron chi connectivity index (χ4n) is 2.55. The molecule has 1 unspecified atom stereocenters. The van der Waals surface area contributed by atoms with Crippen LogP contribution in [0.2, 0.25) is 0 Å². The molecule has 0 bridgehead atoms. The molecule has 3 heterocycles. The summed E-state index contributed by atoms with van der Waals surface area (Å²) in [4.78, 5) is 40.5. The SMILES string of the molecule is O=C(O)C1c2ccsc2CCN1C(=O)c1ccc[nH]c1=O. The first-order valence-electron chi connectivity index (χ1n) is 6.37. The van der Waals surface area contributed by atoms with Gasteiger partial charge < -0.3 is 15.0 Å². The van der Waals surface area contributed by atoms with Crippen LogP contribution >= 0.6 is 11.3 Å². The molecule has 6 nitrogen and oxygen atoms in total. The summed E-state index contributed by atoms with van der Waals surface area (Å²) in [6, 6.07) is 3.65. The van der Waals surface area contributed by atoms with E-state index in [9.17, 15) is 19.5 Å². The molecule has 0 saturated carbocycles. The second-order valence-electron chi connectivity index (χ2n) is 4.70. The number of carboxylic acids is 1. The van der Waals surface area contributed by atoms with E-state index in [-0.39, 0.29) is 12.1 Å². The zero-order chi connectivity index (χ0) is 15.0. The molecule has 0 fully saturated rings. The second kappa shape index (κ2) is 5.17. The molecule has 0 spiro atoms. The largest absolute Gasteiger partial charge is 0.479 e. The Hall–Kier alpha value is -2.41. The Morgan fingerprint density at radius 3 is 2.90 bits per heavy atom. The first-order chi connectivity index (χ1) is 10.1. The topological polar surface area (TPSA) is 90.5 Å². The van der Waals surface area contributed by atoms with Gasteiger partial charge in [0.1, 0.15) is 5.56 Å². The highest BCUT2D eigenvalue weighted by atomic mass is 32.1. The molecule has 0 radical (unpaired) electrons. The number of nitrogens with zero attached hydrogens (tertiary/aromatic N) is 1. The highest BCUT2D eigenvalue weighted by Gasteiger charge is 2.37. The number of hydrogen-bond acceptors (Lipinski definition) is 4. The summed E-state index contributed by atoms with van der Waals surface area (Å²) in [7, 11) is 0. The summed E-state index contributed by atoms with van der Waals surface area (Å²) in [6.45, 7) is 0.289. The molecule has 1 aliphatic heterocycles. The Bertz CT molecular complexity index is 764. The summed E-state index contributed by atoms with van der Waals surface area (Å²) in [5.41, 5.74) is 0.0876. The number of aliphatic carboxylic acids is 1. The number of carboxylic acid groups (broad SMARTS) is 1. The molecule has 0 aliphatic carbocycles. The fourth-order valence-corrected chi connectivity index (χ4v) is 3.45. The van der Waals surface area contributed by atoms with E-state index in [2.05, 4.69) is 4.98 Å². The Labute approximate surface area is 123 Å². The van der Waals surface area contributed by atoms with Crippen LogP contribution < -0.4 is 5.56 Å². The van der Waals surface area contributed by atoms with E-state index >= 15 is 0 Å². The van der Waals surface area contributed by atoms with Gasteiger partial charge in [-0.25, -0.2) is 4.79 Å². The van der Waals surface area contributed by atoms with E-state index in [4.69, 9.17) is 0 Å². The quantitative estimate of drug-likeness (QED) is 0.874. The van der Waals surface area contributed by atoms with E-state index < -0.39 is 23.5 Å². The lowest BCUT2D eigenvalue weighted by molar-refractivity contribution is -0.142. The van der Waals surface area contributed by atoms with Crippen LogP contribution in [0, 0.1) is 0 Å². The Balaban J connectivity index is 2.02. The molecule has 2 aromatic rings. The van der Waals surface area contributed by atoms with Crippen molar-refractivity contribution in [1.82, 2.24) is 9.88 Å². The predicted molar refractivity (Wildman–Crippen MR) is 76.5 cm³/mol. The Kier molecular flexibility index (Phi) is 3.34. The molecule has 1 atom stereocenters. The van der Waals surface area contributed by atoms with E-state index in [0.717, 1.165) is 4.88 Å². The number of amides is 1. The van der Waals surface area contributed by atoms with Gasteiger partial charge in [0.25, 0.3) is 11.5 Å². The highest BCUT2D eigenvalue weighted by Crippen LogP contribution is 2.34. The van der Waals surface area contributed by atoms with Crippen LogP contribution in [0.3, 0.4) is 0 Å². The number of pyridine rings is 1. The number of rotatable bonds is 2. The van der Waals surface area contributed by atoms with E-state index in [1.165, 1.54) is 28.5 Å². The Morgan fingerprint density at radius 2 is 2.19 bits per heavy atom. The van der Waals surface area contributed by atoms with Gasteiger partial charge in [-0.1, -0.05) is 0 Å². The van der Waals surface area contributed by atoms with Crippen molar-refractivity contribution < 1.29 is 14.7 Å². The molecule has 2 N–H and O–H groups in total. The minimum absolute atomic E-state index is 0.0394. The van der Waals surface area contributed by atoms with Gasteiger partial charge >= 0.3 is 5.97 Å². The predicted octanol–water partition coefficient (Wildman–Crippen LogP) is 1.26. The maximum absolute atomic E-state index is 12.5. The zero-order valence-electron chi connectivity index (χ0n) is 10.9. The molecule has 0 aromatic carbocycles. The van der Waals surface area contributed by atoms with Crippen LogP contribution in [0.25, 0.3) is 0 Å². The number of aromatic nitrogens is 1. The van der Waals surface area contributed by atoms with Crippen LogP contribution in [0.1, 0.15) is 26.8 Å². The van der Waals surface area contributed by atoms with Crippen LogP contribution in [0.15, 0.2) is 34.6 Å². The lowest BCUT2D eigenvalue weighted by atomic mass is 9.99. The molecule has 2 aromatic heterocycles. The number of nitrogens with one attached hydrogen (secondary N) is 1. The van der Waals surface area contributed by atoms with Gasteiger partial charge in [-0.05, 0) is 35.6 Å². The van der Waals surface area contributed by atoms with Crippen molar-refractivity contribution in [3.63, 3.8) is 0 Å². The van der Waals surface area contributed by atoms with Crippen LogP contribution in [-0.4, -0.2) is 33.4 Å². The average Bonchev–Trinajstić information content (AvgIpc) is 2.94. The summed E-state index contributed by atoms with van der Waals surface area (Å²) < 4.78 is 0. The van der Waals surface area contributed by atoms with E-state index in [0.29, 0.717) is 12.0 Å². The van der Waals surface area contributed by atoms with Crippen molar-refractivity contribution in [3.8, 4) is 0 Å². The summed E-state index contributed by atoms with van der Waals surface area (Å²) in [6.07, 6.45) is 2.04. The maximum atomic E-state index is 12.5. The third kappa shape index (κ3) is 2.25. The Morgan fingerprint density at radius 1 is 1.38 bits per heavy atom. The van der Waals surface area contributed by atoms with Gasteiger partial charge in [0.05, 0.1) is 0 Å². The summed E-state index contributed by atoms with van der Waals surface area (Å²) in [5, 5.41) is 11.3. The monoisotopic (exact) mass is 304 g/mol. The number of fused-ring (bicyclic) bond motifs is 1. The third-order valence-corrected chi connectivity index (χ3v) is 4.51. The minimum Gasteiger partial charge on any atom is -0.479 e. The maximum Gasteiger partial charge on any atom is 0.331 e. The number of thiophene rings is 1. The normalized spacial score (nSPS) is 17.3. The summed E-state index contributed by atoms with van der Waals surface area (Å²) >= 11 is 1.49. The van der Waals surface area contributed by atoms with Gasteiger partial charge in [-0.2, -0.15) is 0 Å². The van der Waals surface area contributed by atoms with Gasteiger partial charge in [0.15, 0.2) is 6.04 Å². The van der Waals surface area contributed by atoms with Crippen molar-refractivity contribution in [2.75, 3.05) is 6.54 Å². The van der Waals surface area contributed by atoms with Crippen molar-refractivity contribution in [2.45, 2.75) is 12.5 Å². The lowest BCUT2D eigenvalue weighted by Crippen LogP contribution is -2.44. The molecular weight excluding hydrogens is 292 g/mol. The molecular formula is C14H12N2O4S. The number of H-pyrrole nitrogens is 1. The molecule has 1 aliphatic rings. The van der Waals surface area contributed by atoms with Crippen LogP contribution in [0.4, 0.5) is 0 Å². The van der Waals surface area contributed by atoms with E-state index in [1.54, 1.807) is 12.1 Å². The fraction of sp³-hybridized carbons (Fsp3) is 0.214. The number of aromatic amines is 1.